The molecule has 4 nitrogen and oxygen atoms in total. The molecule has 17 heavy (non-hydrogen) atoms. The van der Waals surface area contributed by atoms with Gasteiger partial charge >= 0.3 is 0 Å². The van der Waals surface area contributed by atoms with E-state index >= 15 is 0 Å². The molecule has 84 valence electrons. The fourth-order valence-corrected chi connectivity index (χ4v) is 1.87. The molecule has 3 rings (SSSR count). The van der Waals surface area contributed by atoms with Crippen LogP contribution in [0.5, 0.6) is 0 Å². The minimum Gasteiger partial charge on any atom is -0.373 e. The third-order valence-corrected chi connectivity index (χ3v) is 2.72. The second kappa shape index (κ2) is 3.90. The number of nitrogens with zero attached hydrogens (tertiary/aromatic N) is 3. The van der Waals surface area contributed by atoms with Crippen LogP contribution in [0.25, 0.3) is 16.6 Å². The van der Waals surface area contributed by atoms with E-state index in [1.807, 2.05) is 42.2 Å². The standard InChI is InChI=1S/C13H12N4/c1-14-13-8-11(6-7-15-13)17-12-5-3-2-4-10(12)9-16-17/h2-9H,1H3,(H,14,15). The van der Waals surface area contributed by atoms with Crippen LogP contribution in [0, 0.1) is 0 Å². The summed E-state index contributed by atoms with van der Waals surface area (Å²) in [6.07, 6.45) is 3.65. The van der Waals surface area contributed by atoms with Gasteiger partial charge in [-0.25, -0.2) is 9.67 Å². The summed E-state index contributed by atoms with van der Waals surface area (Å²) >= 11 is 0. The molecule has 1 N–H and O–H groups in total. The predicted octanol–water partition coefficient (Wildman–Crippen LogP) is 2.46. The average Bonchev–Trinajstić information content (AvgIpc) is 2.82. The molecule has 0 aliphatic heterocycles. The number of benzene rings is 1. The number of aromatic nitrogens is 3. The van der Waals surface area contributed by atoms with Crippen LogP contribution < -0.4 is 5.32 Å². The lowest BCUT2D eigenvalue weighted by atomic mass is 10.2. The highest BCUT2D eigenvalue weighted by molar-refractivity contribution is 5.80. The van der Waals surface area contributed by atoms with E-state index in [2.05, 4.69) is 27.5 Å². The van der Waals surface area contributed by atoms with Crippen LogP contribution in [-0.2, 0) is 0 Å². The van der Waals surface area contributed by atoms with Crippen LogP contribution in [-0.4, -0.2) is 21.8 Å². The van der Waals surface area contributed by atoms with Gasteiger partial charge in [-0.3, -0.25) is 0 Å². The van der Waals surface area contributed by atoms with E-state index in [0.29, 0.717) is 0 Å². The Bertz CT molecular complexity index is 657. The van der Waals surface area contributed by atoms with Crippen molar-refractivity contribution in [1.29, 1.82) is 0 Å². The zero-order valence-electron chi connectivity index (χ0n) is 9.46. The topological polar surface area (TPSA) is 42.7 Å². The second-order valence-corrected chi connectivity index (χ2v) is 3.76. The number of anilines is 1. The predicted molar refractivity (Wildman–Crippen MR) is 68.4 cm³/mol. The molecule has 0 radical (unpaired) electrons. The van der Waals surface area contributed by atoms with Crippen molar-refractivity contribution >= 4 is 16.7 Å². The van der Waals surface area contributed by atoms with E-state index < -0.39 is 0 Å². The molecule has 2 heterocycles. The van der Waals surface area contributed by atoms with Crippen LogP contribution in [0.2, 0.25) is 0 Å². The molecule has 0 aliphatic rings. The van der Waals surface area contributed by atoms with Gasteiger partial charge in [0.05, 0.1) is 17.4 Å². The highest BCUT2D eigenvalue weighted by atomic mass is 15.3. The van der Waals surface area contributed by atoms with Crippen molar-refractivity contribution in [3.05, 3.63) is 48.8 Å². The van der Waals surface area contributed by atoms with Crippen LogP contribution in [0.1, 0.15) is 0 Å². The quantitative estimate of drug-likeness (QED) is 0.727. The lowest BCUT2D eigenvalue weighted by Gasteiger charge is -2.05. The molecule has 0 unspecified atom stereocenters. The van der Waals surface area contributed by atoms with Gasteiger partial charge in [-0.1, -0.05) is 18.2 Å². The van der Waals surface area contributed by atoms with Gasteiger partial charge in [0.2, 0.25) is 0 Å². The van der Waals surface area contributed by atoms with Gasteiger partial charge in [0.15, 0.2) is 0 Å². The van der Waals surface area contributed by atoms with Gasteiger partial charge in [0, 0.05) is 24.7 Å². The van der Waals surface area contributed by atoms with Crippen molar-refractivity contribution in [3.8, 4) is 5.69 Å². The molecule has 0 atom stereocenters. The summed E-state index contributed by atoms with van der Waals surface area (Å²) in [6.45, 7) is 0. The normalized spacial score (nSPS) is 10.6. The van der Waals surface area contributed by atoms with Crippen molar-refractivity contribution < 1.29 is 0 Å². The summed E-state index contributed by atoms with van der Waals surface area (Å²) < 4.78 is 1.91. The maximum Gasteiger partial charge on any atom is 0.127 e. The molecule has 1 aromatic carbocycles. The zero-order valence-corrected chi connectivity index (χ0v) is 9.46. The Kier molecular flexibility index (Phi) is 2.26. The second-order valence-electron chi connectivity index (χ2n) is 3.76. The first-order valence-corrected chi connectivity index (χ1v) is 5.45. The lowest BCUT2D eigenvalue weighted by molar-refractivity contribution is 0.908. The maximum atomic E-state index is 4.40. The summed E-state index contributed by atoms with van der Waals surface area (Å²) in [4.78, 5) is 4.20. The monoisotopic (exact) mass is 224 g/mol. The van der Waals surface area contributed by atoms with Gasteiger partial charge < -0.3 is 5.32 Å². The van der Waals surface area contributed by atoms with Crippen molar-refractivity contribution in [3.63, 3.8) is 0 Å². The van der Waals surface area contributed by atoms with Gasteiger partial charge in [-0.2, -0.15) is 5.10 Å². The third-order valence-electron chi connectivity index (χ3n) is 2.72. The fourth-order valence-electron chi connectivity index (χ4n) is 1.87. The molecule has 0 saturated carbocycles. The van der Waals surface area contributed by atoms with Crippen molar-refractivity contribution in [2.45, 2.75) is 0 Å². The number of para-hydroxylation sites is 1. The Balaban J connectivity index is 2.20. The fraction of sp³-hybridized carbons (Fsp3) is 0.0769. The molecule has 0 spiro atoms. The first-order chi connectivity index (χ1) is 8.38. The van der Waals surface area contributed by atoms with Crippen molar-refractivity contribution in [1.82, 2.24) is 14.8 Å². The zero-order chi connectivity index (χ0) is 11.7. The van der Waals surface area contributed by atoms with Crippen LogP contribution >= 0.6 is 0 Å². The number of fused-ring (bicyclic) bond motifs is 1. The van der Waals surface area contributed by atoms with Gasteiger partial charge in [-0.05, 0) is 12.1 Å². The molecule has 0 bridgehead atoms. The van der Waals surface area contributed by atoms with E-state index in [4.69, 9.17) is 0 Å². The number of hydrogen-bond acceptors (Lipinski definition) is 3. The minimum atomic E-state index is 0.835. The SMILES string of the molecule is CNc1cc(-n2ncc3ccccc32)ccn1. The van der Waals surface area contributed by atoms with Gasteiger partial charge in [0.25, 0.3) is 0 Å². The highest BCUT2D eigenvalue weighted by Crippen LogP contribution is 2.18. The van der Waals surface area contributed by atoms with Crippen LogP contribution in [0.15, 0.2) is 48.8 Å². The number of pyridine rings is 1. The van der Waals surface area contributed by atoms with Crippen molar-refractivity contribution in [2.75, 3.05) is 12.4 Å². The molecular weight excluding hydrogens is 212 g/mol. The Morgan fingerprint density at radius 2 is 2.06 bits per heavy atom. The molecule has 0 fully saturated rings. The number of nitrogens with one attached hydrogen (secondary N) is 1. The maximum absolute atomic E-state index is 4.40. The van der Waals surface area contributed by atoms with E-state index in [1.165, 1.54) is 0 Å². The summed E-state index contributed by atoms with van der Waals surface area (Å²) in [6, 6.07) is 12.1. The largest absolute Gasteiger partial charge is 0.373 e. The van der Waals surface area contributed by atoms with E-state index in [9.17, 15) is 0 Å². The third kappa shape index (κ3) is 1.63. The molecular formula is C13H12N4. The molecule has 2 aromatic heterocycles. The van der Waals surface area contributed by atoms with E-state index in [0.717, 1.165) is 22.4 Å². The van der Waals surface area contributed by atoms with Crippen LogP contribution in [0.4, 0.5) is 5.82 Å². The van der Waals surface area contributed by atoms with E-state index in [-0.39, 0.29) is 0 Å². The molecule has 0 saturated heterocycles. The van der Waals surface area contributed by atoms with Gasteiger partial charge in [-0.15, -0.1) is 0 Å². The Morgan fingerprint density at radius 1 is 1.18 bits per heavy atom. The Labute approximate surface area is 98.9 Å². The molecule has 0 amide bonds. The first-order valence-electron chi connectivity index (χ1n) is 5.45. The Morgan fingerprint density at radius 3 is 2.94 bits per heavy atom. The summed E-state index contributed by atoms with van der Waals surface area (Å²) in [7, 11) is 1.85. The molecule has 3 aromatic rings. The Hall–Kier alpha value is -2.36. The first kappa shape index (κ1) is 9.84. The average molecular weight is 224 g/mol. The summed E-state index contributed by atoms with van der Waals surface area (Å²) in [5.74, 6) is 0.835. The summed E-state index contributed by atoms with van der Waals surface area (Å²) in [5, 5.41) is 8.56. The van der Waals surface area contributed by atoms with Crippen LogP contribution in [0.3, 0.4) is 0 Å². The highest BCUT2D eigenvalue weighted by Gasteiger charge is 2.04. The number of rotatable bonds is 2. The smallest absolute Gasteiger partial charge is 0.127 e. The lowest BCUT2D eigenvalue weighted by Crippen LogP contribution is -1.98. The van der Waals surface area contributed by atoms with Crippen molar-refractivity contribution in [2.24, 2.45) is 0 Å². The number of hydrogen-bond donors (Lipinski definition) is 1. The van der Waals surface area contributed by atoms with E-state index in [1.54, 1.807) is 6.20 Å². The summed E-state index contributed by atoms with van der Waals surface area (Å²) in [5.41, 5.74) is 2.10. The minimum absolute atomic E-state index is 0.835. The molecule has 4 heteroatoms. The molecule has 0 aliphatic carbocycles. The van der Waals surface area contributed by atoms with Gasteiger partial charge in [0.1, 0.15) is 5.82 Å².